The number of nitro benzene ring substituents is 1. The fourth-order valence-corrected chi connectivity index (χ4v) is 3.37. The van der Waals surface area contributed by atoms with Gasteiger partial charge in [-0.25, -0.2) is 0 Å². The highest BCUT2D eigenvalue weighted by Crippen LogP contribution is 2.26. The van der Waals surface area contributed by atoms with Crippen LogP contribution in [0.5, 0.6) is 0 Å². The Morgan fingerprint density at radius 3 is 2.52 bits per heavy atom. The summed E-state index contributed by atoms with van der Waals surface area (Å²) in [7, 11) is 0. The van der Waals surface area contributed by atoms with Gasteiger partial charge in [0.05, 0.1) is 23.8 Å². The van der Waals surface area contributed by atoms with Crippen LogP contribution in [0.3, 0.4) is 0 Å². The summed E-state index contributed by atoms with van der Waals surface area (Å²) < 4.78 is 13.5. The molecule has 3 rings (SSSR count). The van der Waals surface area contributed by atoms with Crippen molar-refractivity contribution >= 4 is 17.2 Å². The highest BCUT2D eigenvalue weighted by atomic mass is 16.6. The molecule has 1 fully saturated rings. The Balaban J connectivity index is 1.87. The number of hydrogen-bond acceptors (Lipinski definition) is 5. The van der Waals surface area contributed by atoms with Crippen molar-refractivity contribution in [3.05, 3.63) is 69.5 Å². The molecule has 1 aliphatic heterocycles. The van der Waals surface area contributed by atoms with Gasteiger partial charge in [0.15, 0.2) is 0 Å². The van der Waals surface area contributed by atoms with E-state index in [4.69, 9.17) is 9.47 Å². The monoisotopic (exact) mass is 398 g/mol. The summed E-state index contributed by atoms with van der Waals surface area (Å²) in [6.45, 7) is 6.05. The zero-order valence-corrected chi connectivity index (χ0v) is 16.8. The van der Waals surface area contributed by atoms with Crippen LogP contribution >= 0.6 is 0 Å². The number of ether oxygens (including phenoxy) is 2. The van der Waals surface area contributed by atoms with Gasteiger partial charge in [-0.05, 0) is 37.6 Å². The van der Waals surface area contributed by atoms with E-state index in [9.17, 15) is 14.9 Å². The van der Waals surface area contributed by atoms with E-state index in [1.807, 2.05) is 36.8 Å². The molecule has 1 saturated heterocycles. The number of aryl methyl sites for hydroxylation is 1. The molecule has 0 N–H and O–H groups in total. The van der Waals surface area contributed by atoms with Crippen molar-refractivity contribution in [3.8, 4) is 0 Å². The standard InChI is InChI=1S/C22H26N2O5/c1-3-5-21(29-19-10-12-28-13-11-19)17-14-20(23(4-2)15-17)22(25)16-6-8-18(9-7-16)24(26)27/h5-9,14-15,19H,3-4,10-13H2,1-2H3. The highest BCUT2D eigenvalue weighted by molar-refractivity contribution is 6.08. The van der Waals surface area contributed by atoms with E-state index in [2.05, 4.69) is 0 Å². The molecule has 0 unspecified atom stereocenters. The lowest BCUT2D eigenvalue weighted by atomic mass is 10.1. The van der Waals surface area contributed by atoms with Crippen LogP contribution in [0.2, 0.25) is 0 Å². The minimum atomic E-state index is -0.476. The minimum Gasteiger partial charge on any atom is -0.490 e. The van der Waals surface area contributed by atoms with Crippen LogP contribution in [0.4, 0.5) is 5.69 Å². The average Bonchev–Trinajstić information content (AvgIpc) is 3.18. The zero-order valence-electron chi connectivity index (χ0n) is 16.8. The van der Waals surface area contributed by atoms with Gasteiger partial charge in [0.1, 0.15) is 11.9 Å². The van der Waals surface area contributed by atoms with Crippen molar-refractivity contribution in [1.82, 2.24) is 4.57 Å². The Morgan fingerprint density at radius 1 is 1.24 bits per heavy atom. The lowest BCUT2D eigenvalue weighted by molar-refractivity contribution is -0.384. The number of allylic oxidation sites excluding steroid dienone is 1. The molecule has 0 spiro atoms. The van der Waals surface area contributed by atoms with Gasteiger partial charge in [-0.1, -0.05) is 6.92 Å². The van der Waals surface area contributed by atoms with Crippen LogP contribution in [0, 0.1) is 10.1 Å². The first kappa shape index (κ1) is 20.8. The summed E-state index contributed by atoms with van der Waals surface area (Å²) in [4.78, 5) is 23.4. The van der Waals surface area contributed by atoms with Gasteiger partial charge in [-0.15, -0.1) is 0 Å². The maximum atomic E-state index is 13.0. The van der Waals surface area contributed by atoms with E-state index >= 15 is 0 Å². The Bertz CT molecular complexity index is 892. The fraction of sp³-hybridized carbons (Fsp3) is 0.409. The quantitative estimate of drug-likeness (QED) is 0.281. The summed E-state index contributed by atoms with van der Waals surface area (Å²) in [5.41, 5.74) is 1.78. The summed E-state index contributed by atoms with van der Waals surface area (Å²) in [5, 5.41) is 10.8. The summed E-state index contributed by atoms with van der Waals surface area (Å²) in [6, 6.07) is 7.53. The number of nitro groups is 1. The molecule has 7 heteroatoms. The van der Waals surface area contributed by atoms with Gasteiger partial charge in [-0.2, -0.15) is 0 Å². The van der Waals surface area contributed by atoms with Gasteiger partial charge < -0.3 is 14.0 Å². The van der Waals surface area contributed by atoms with Crippen molar-refractivity contribution in [1.29, 1.82) is 0 Å². The first-order valence-electron chi connectivity index (χ1n) is 9.97. The molecule has 0 aliphatic carbocycles. The van der Waals surface area contributed by atoms with Gasteiger partial charge in [0.2, 0.25) is 5.78 Å². The number of non-ortho nitro benzene ring substituents is 1. The lowest BCUT2D eigenvalue weighted by Crippen LogP contribution is -2.22. The van der Waals surface area contributed by atoms with Gasteiger partial charge in [0.25, 0.3) is 5.69 Å². The molecule has 0 bridgehead atoms. The lowest BCUT2D eigenvalue weighted by Gasteiger charge is -2.24. The number of nitrogens with zero attached hydrogens (tertiary/aromatic N) is 2. The molecule has 1 aromatic heterocycles. The molecule has 2 heterocycles. The SMILES string of the molecule is CCC=C(OC1CCOCC1)c1cc(C(=O)c2ccc([N+](=O)[O-])cc2)n(CC)c1. The van der Waals surface area contributed by atoms with Crippen molar-refractivity contribution < 1.29 is 19.2 Å². The fourth-order valence-electron chi connectivity index (χ4n) is 3.37. The van der Waals surface area contributed by atoms with Crippen molar-refractivity contribution in [2.24, 2.45) is 0 Å². The highest BCUT2D eigenvalue weighted by Gasteiger charge is 2.21. The van der Waals surface area contributed by atoms with Crippen LogP contribution in [-0.4, -0.2) is 34.6 Å². The van der Waals surface area contributed by atoms with Gasteiger partial charge in [0, 0.05) is 48.8 Å². The third-order valence-corrected chi connectivity index (χ3v) is 4.95. The summed E-state index contributed by atoms with van der Waals surface area (Å²) >= 11 is 0. The normalized spacial score (nSPS) is 15.3. The molecule has 154 valence electrons. The van der Waals surface area contributed by atoms with E-state index < -0.39 is 4.92 Å². The van der Waals surface area contributed by atoms with Crippen LogP contribution in [0.25, 0.3) is 5.76 Å². The Labute approximate surface area is 170 Å². The molecule has 7 nitrogen and oxygen atoms in total. The maximum Gasteiger partial charge on any atom is 0.269 e. The number of aromatic nitrogens is 1. The van der Waals surface area contributed by atoms with Crippen LogP contribution in [-0.2, 0) is 16.0 Å². The number of carbonyl (C=O) groups excluding carboxylic acids is 1. The maximum absolute atomic E-state index is 13.0. The molecule has 1 aromatic carbocycles. The Kier molecular flexibility index (Phi) is 6.82. The van der Waals surface area contributed by atoms with E-state index in [-0.39, 0.29) is 17.6 Å². The average molecular weight is 398 g/mol. The van der Waals surface area contributed by atoms with E-state index in [1.165, 1.54) is 24.3 Å². The van der Waals surface area contributed by atoms with Crippen LogP contribution in [0.1, 0.15) is 54.7 Å². The predicted octanol–water partition coefficient (Wildman–Crippen LogP) is 4.59. The number of ketones is 1. The predicted molar refractivity (Wildman–Crippen MR) is 110 cm³/mol. The number of carbonyl (C=O) groups is 1. The van der Waals surface area contributed by atoms with E-state index in [0.29, 0.717) is 31.0 Å². The van der Waals surface area contributed by atoms with E-state index in [0.717, 1.165) is 30.6 Å². The largest absolute Gasteiger partial charge is 0.490 e. The van der Waals surface area contributed by atoms with Crippen molar-refractivity contribution in [3.63, 3.8) is 0 Å². The van der Waals surface area contributed by atoms with Crippen molar-refractivity contribution in [2.45, 2.75) is 45.8 Å². The minimum absolute atomic E-state index is 0.0360. The smallest absolute Gasteiger partial charge is 0.269 e. The molecular formula is C22H26N2O5. The third kappa shape index (κ3) is 4.92. The molecular weight excluding hydrogens is 372 g/mol. The zero-order chi connectivity index (χ0) is 20.8. The van der Waals surface area contributed by atoms with Crippen LogP contribution in [0.15, 0.2) is 42.6 Å². The Hall–Kier alpha value is -2.93. The number of rotatable bonds is 8. The molecule has 0 saturated carbocycles. The number of benzene rings is 1. The second-order valence-corrected chi connectivity index (χ2v) is 6.94. The topological polar surface area (TPSA) is 83.6 Å². The van der Waals surface area contributed by atoms with E-state index in [1.54, 1.807) is 0 Å². The first-order valence-corrected chi connectivity index (χ1v) is 9.97. The molecule has 0 amide bonds. The first-order chi connectivity index (χ1) is 14.0. The van der Waals surface area contributed by atoms with Crippen molar-refractivity contribution in [2.75, 3.05) is 13.2 Å². The third-order valence-electron chi connectivity index (χ3n) is 4.95. The molecule has 0 radical (unpaired) electrons. The van der Waals surface area contributed by atoms with Crippen LogP contribution < -0.4 is 0 Å². The second-order valence-electron chi connectivity index (χ2n) is 6.94. The Morgan fingerprint density at radius 2 is 1.93 bits per heavy atom. The molecule has 1 aliphatic rings. The molecule has 29 heavy (non-hydrogen) atoms. The summed E-state index contributed by atoms with van der Waals surface area (Å²) in [5.74, 6) is 0.610. The number of hydrogen-bond donors (Lipinski definition) is 0. The van der Waals surface area contributed by atoms with Gasteiger partial charge >= 0.3 is 0 Å². The second kappa shape index (κ2) is 9.52. The van der Waals surface area contributed by atoms with Gasteiger partial charge in [-0.3, -0.25) is 14.9 Å². The molecule has 2 aromatic rings. The summed E-state index contributed by atoms with van der Waals surface area (Å²) in [6.07, 6.45) is 6.60. The molecule has 0 atom stereocenters.